The van der Waals surface area contributed by atoms with Gasteiger partial charge in [-0.3, -0.25) is 0 Å². The minimum Gasteiger partial charge on any atom is -0.502 e. The van der Waals surface area contributed by atoms with Crippen molar-refractivity contribution in [2.24, 2.45) is 0 Å². The summed E-state index contributed by atoms with van der Waals surface area (Å²) in [7, 11) is 23.2. The Balaban J connectivity index is 3.15. The van der Waals surface area contributed by atoms with Crippen molar-refractivity contribution >= 4 is 31.4 Å². The first-order valence-corrected chi connectivity index (χ1v) is 6.14. The smallest absolute Gasteiger partial charge is 0.160 e. The average molecular weight is 264 g/mol. The van der Waals surface area contributed by atoms with E-state index in [-0.39, 0.29) is 11.2 Å². The van der Waals surface area contributed by atoms with Crippen molar-refractivity contribution in [3.63, 3.8) is 0 Å². The number of methoxy groups -OCH3 is 1. The summed E-state index contributed by atoms with van der Waals surface area (Å²) in [6.45, 7) is 6.20. The molecule has 1 rings (SSSR count). The summed E-state index contributed by atoms with van der Waals surface area (Å²) in [5, 5.41) is 4.93. The minimum absolute atomic E-state index is 0.0587. The molecular weight excluding hydrogens is 247 g/mol. The maximum Gasteiger partial charge on any atom is 0.160 e. The van der Waals surface area contributed by atoms with Crippen LogP contribution in [0.3, 0.4) is 0 Å². The summed E-state index contributed by atoms with van der Waals surface area (Å²) in [5.41, 5.74) is 0.980. The van der Waals surface area contributed by atoms with Crippen molar-refractivity contribution in [2.45, 2.75) is 37.0 Å². The molecule has 1 aromatic carbocycles. The Kier molecular flexibility index (Phi) is 4.65. The monoisotopic (exact) mass is 264 g/mol. The summed E-state index contributed by atoms with van der Waals surface area (Å²) in [6, 6.07) is 5.29. The van der Waals surface area contributed by atoms with E-state index in [1.807, 2.05) is 6.07 Å². The van der Waals surface area contributed by atoms with Gasteiger partial charge < -0.3 is 14.6 Å². The van der Waals surface area contributed by atoms with E-state index in [0.717, 1.165) is 5.56 Å². The largest absolute Gasteiger partial charge is 0.502 e. The van der Waals surface area contributed by atoms with E-state index < -0.39 is 10.8 Å². The Labute approximate surface area is 126 Å². The van der Waals surface area contributed by atoms with E-state index in [4.69, 9.17) is 40.9 Å². The maximum atomic E-state index is 9.49. The van der Waals surface area contributed by atoms with Crippen molar-refractivity contribution in [3.05, 3.63) is 23.8 Å². The van der Waals surface area contributed by atoms with Crippen LogP contribution in [0.1, 0.15) is 26.3 Å². The van der Waals surface area contributed by atoms with Crippen molar-refractivity contribution < 1.29 is 14.6 Å². The third-order valence-corrected chi connectivity index (χ3v) is 2.93. The number of benzene rings is 1. The number of hydrogen-bond acceptors (Lipinski definition) is 3. The molecule has 0 aliphatic heterocycles. The summed E-state index contributed by atoms with van der Waals surface area (Å²) < 4.78 is 10.5. The molecule has 0 saturated heterocycles. The van der Waals surface area contributed by atoms with Gasteiger partial charge in [-0.2, -0.15) is 0 Å². The van der Waals surface area contributed by atoms with Gasteiger partial charge in [0.1, 0.15) is 31.4 Å². The summed E-state index contributed by atoms with van der Waals surface area (Å²) >= 11 is 0. The van der Waals surface area contributed by atoms with E-state index in [2.05, 4.69) is 20.8 Å². The van der Waals surface area contributed by atoms with Gasteiger partial charge in [0, 0.05) is 10.8 Å². The van der Waals surface area contributed by atoms with Crippen LogP contribution in [0.2, 0.25) is 0 Å². The van der Waals surface area contributed by atoms with Crippen LogP contribution < -0.4 is 9.47 Å². The zero-order valence-corrected chi connectivity index (χ0v) is 12.3. The van der Waals surface area contributed by atoms with Crippen molar-refractivity contribution in [1.29, 1.82) is 0 Å². The standard InChI is InChI=1S/C13H16B4O3/c1-11(2,3)8-5-6-9(10(7-8)19-4)20-13(16,17)12(14,15)18/h5-7,18H,1-4H3. The van der Waals surface area contributed by atoms with Gasteiger partial charge in [-0.25, -0.2) is 0 Å². The lowest BCUT2D eigenvalue weighted by atomic mass is 9.42. The first-order valence-electron chi connectivity index (χ1n) is 6.14. The number of hydrogen-bond donors (Lipinski definition) is 1. The lowest BCUT2D eigenvalue weighted by Gasteiger charge is -2.40. The Morgan fingerprint density at radius 1 is 1.00 bits per heavy atom. The fourth-order valence-corrected chi connectivity index (χ4v) is 1.48. The highest BCUT2D eigenvalue weighted by atomic mass is 16.5. The molecule has 7 heteroatoms. The van der Waals surface area contributed by atoms with Crippen LogP contribution in [0, 0.1) is 0 Å². The fraction of sp³-hybridized carbons (Fsp3) is 0.538. The van der Waals surface area contributed by atoms with Gasteiger partial charge in [0.25, 0.3) is 0 Å². The van der Waals surface area contributed by atoms with E-state index >= 15 is 0 Å². The predicted molar refractivity (Wildman–Crippen MR) is 83.0 cm³/mol. The molecule has 0 spiro atoms. The zero-order valence-electron chi connectivity index (χ0n) is 12.3. The molecule has 0 bridgehead atoms. The molecule has 0 unspecified atom stereocenters. The molecule has 8 radical (unpaired) electrons. The van der Waals surface area contributed by atoms with Crippen molar-refractivity contribution in [1.82, 2.24) is 0 Å². The topological polar surface area (TPSA) is 38.7 Å². The van der Waals surface area contributed by atoms with Crippen LogP contribution >= 0.6 is 0 Å². The molecule has 0 aliphatic rings. The lowest BCUT2D eigenvalue weighted by molar-refractivity contribution is 0.0792. The molecule has 1 N–H and O–H groups in total. The normalized spacial score (nSPS) is 13.1. The molecule has 0 atom stereocenters. The molecule has 3 nitrogen and oxygen atoms in total. The quantitative estimate of drug-likeness (QED) is 0.797. The average Bonchev–Trinajstić information content (AvgIpc) is 2.26. The van der Waals surface area contributed by atoms with Gasteiger partial charge >= 0.3 is 0 Å². The van der Waals surface area contributed by atoms with E-state index in [1.165, 1.54) is 7.11 Å². The third-order valence-electron chi connectivity index (χ3n) is 2.93. The first-order chi connectivity index (χ1) is 8.88. The van der Waals surface area contributed by atoms with Crippen LogP contribution in [-0.4, -0.2) is 54.4 Å². The Bertz CT molecular complexity index is 475. The van der Waals surface area contributed by atoms with Crippen molar-refractivity contribution in [3.8, 4) is 11.5 Å². The Morgan fingerprint density at radius 3 is 1.95 bits per heavy atom. The molecule has 0 saturated carbocycles. The second kappa shape index (κ2) is 5.44. The number of ether oxygens (including phenoxy) is 2. The molecular formula is C13H16B4O3. The molecule has 0 aromatic heterocycles. The molecule has 0 fully saturated rings. The second-order valence-electron chi connectivity index (χ2n) is 5.84. The number of rotatable bonds is 4. The Hall–Kier alpha value is -0.960. The first kappa shape index (κ1) is 17.1. The fourth-order valence-electron chi connectivity index (χ4n) is 1.48. The van der Waals surface area contributed by atoms with E-state index in [0.29, 0.717) is 5.75 Å². The summed E-state index contributed by atoms with van der Waals surface area (Å²) in [5.74, 6) is 0.654. The number of aliphatic hydroxyl groups is 1. The summed E-state index contributed by atoms with van der Waals surface area (Å²) in [4.78, 5) is 0. The predicted octanol–water partition coefficient (Wildman–Crippen LogP) is 0.345. The van der Waals surface area contributed by atoms with Gasteiger partial charge in [-0.15, -0.1) is 0 Å². The van der Waals surface area contributed by atoms with Gasteiger partial charge in [0.15, 0.2) is 11.5 Å². The van der Waals surface area contributed by atoms with E-state index in [1.54, 1.807) is 12.1 Å². The highest BCUT2D eigenvalue weighted by molar-refractivity contribution is 6.53. The Morgan fingerprint density at radius 2 is 1.55 bits per heavy atom. The molecule has 0 aliphatic carbocycles. The highest BCUT2D eigenvalue weighted by Gasteiger charge is 2.35. The van der Waals surface area contributed by atoms with Gasteiger partial charge in [-0.05, 0) is 23.1 Å². The van der Waals surface area contributed by atoms with Crippen LogP contribution in [0.5, 0.6) is 11.5 Å². The molecule has 0 amide bonds. The molecule has 20 heavy (non-hydrogen) atoms. The molecule has 0 heterocycles. The van der Waals surface area contributed by atoms with Crippen LogP contribution in [0.4, 0.5) is 0 Å². The lowest BCUT2D eigenvalue weighted by Crippen LogP contribution is -2.60. The van der Waals surface area contributed by atoms with Crippen LogP contribution in [-0.2, 0) is 5.41 Å². The highest BCUT2D eigenvalue weighted by Crippen LogP contribution is 2.35. The third kappa shape index (κ3) is 3.78. The molecule has 1 aromatic rings. The molecule has 98 valence electrons. The summed E-state index contributed by atoms with van der Waals surface area (Å²) in [6.07, 6.45) is 0. The van der Waals surface area contributed by atoms with Gasteiger partial charge in [0.05, 0.1) is 7.11 Å². The van der Waals surface area contributed by atoms with E-state index in [9.17, 15) is 5.11 Å². The second-order valence-corrected chi connectivity index (χ2v) is 5.84. The van der Waals surface area contributed by atoms with Gasteiger partial charge in [-0.1, -0.05) is 26.8 Å². The van der Waals surface area contributed by atoms with Crippen LogP contribution in [0.25, 0.3) is 0 Å². The minimum atomic E-state index is -2.40. The SMILES string of the molecule is [B]C([B])(O)C([B])([B])Oc1ccc(C(C)(C)C)cc1OC. The van der Waals surface area contributed by atoms with Gasteiger partial charge in [0.2, 0.25) is 0 Å². The zero-order chi connectivity index (χ0) is 15.8. The maximum absolute atomic E-state index is 9.49. The van der Waals surface area contributed by atoms with Crippen molar-refractivity contribution in [2.75, 3.05) is 7.11 Å². The van der Waals surface area contributed by atoms with Crippen LogP contribution in [0.15, 0.2) is 18.2 Å².